The highest BCUT2D eigenvalue weighted by atomic mass is 35.5. The Morgan fingerprint density at radius 1 is 1.07 bits per heavy atom. The molecule has 0 amide bonds. The van der Waals surface area contributed by atoms with Gasteiger partial charge in [0.15, 0.2) is 0 Å². The maximum absolute atomic E-state index is 14.5. The van der Waals surface area contributed by atoms with E-state index < -0.39 is 15.8 Å². The van der Waals surface area contributed by atoms with Crippen LogP contribution < -0.4 is 5.32 Å². The molecule has 0 radical (unpaired) electrons. The van der Waals surface area contributed by atoms with Crippen LogP contribution in [0, 0.1) is 5.82 Å². The first-order valence-corrected chi connectivity index (χ1v) is 10.2. The molecule has 0 saturated heterocycles. The Morgan fingerprint density at radius 3 is 2.54 bits per heavy atom. The molecule has 0 saturated carbocycles. The van der Waals surface area contributed by atoms with E-state index in [4.69, 9.17) is 11.6 Å². The maximum atomic E-state index is 14.5. The minimum Gasteiger partial charge on any atom is -0.388 e. The number of nitrogens with one attached hydrogen (secondary N) is 1. The van der Waals surface area contributed by atoms with Crippen molar-refractivity contribution in [3.63, 3.8) is 0 Å². The lowest BCUT2D eigenvalue weighted by atomic mass is 10.1. The SMILES string of the molecule is CNc1ccc2cc(-c3ccccc3F)n(S(=O)(=O)c3ccc(Cl)nc3)c2c1. The number of hydrogen-bond donors (Lipinski definition) is 1. The van der Waals surface area contributed by atoms with E-state index in [1.54, 1.807) is 43.4 Å². The van der Waals surface area contributed by atoms with Gasteiger partial charge < -0.3 is 5.32 Å². The Kier molecular flexibility index (Phi) is 4.56. The van der Waals surface area contributed by atoms with E-state index in [1.807, 2.05) is 6.07 Å². The van der Waals surface area contributed by atoms with Gasteiger partial charge in [0.2, 0.25) is 0 Å². The minimum atomic E-state index is -4.06. The van der Waals surface area contributed by atoms with Gasteiger partial charge in [0.05, 0.1) is 11.2 Å². The van der Waals surface area contributed by atoms with Gasteiger partial charge in [-0.05, 0) is 42.5 Å². The summed E-state index contributed by atoms with van der Waals surface area (Å²) in [6, 6.07) is 15.8. The summed E-state index contributed by atoms with van der Waals surface area (Å²) in [5.74, 6) is -0.509. The van der Waals surface area contributed by atoms with Crippen molar-refractivity contribution in [1.29, 1.82) is 0 Å². The number of benzene rings is 2. The number of rotatable bonds is 4. The van der Waals surface area contributed by atoms with Crippen molar-refractivity contribution in [2.45, 2.75) is 4.90 Å². The Bertz CT molecular complexity index is 1280. The van der Waals surface area contributed by atoms with Crippen molar-refractivity contribution >= 4 is 38.2 Å². The van der Waals surface area contributed by atoms with E-state index in [-0.39, 0.29) is 21.3 Å². The number of nitrogens with zero attached hydrogens (tertiary/aromatic N) is 2. The van der Waals surface area contributed by atoms with E-state index in [2.05, 4.69) is 10.3 Å². The van der Waals surface area contributed by atoms with Gasteiger partial charge in [-0.25, -0.2) is 21.8 Å². The summed E-state index contributed by atoms with van der Waals surface area (Å²) in [6.45, 7) is 0. The van der Waals surface area contributed by atoms with E-state index >= 15 is 0 Å². The summed E-state index contributed by atoms with van der Waals surface area (Å²) in [5, 5.41) is 3.85. The fraction of sp³-hybridized carbons (Fsp3) is 0.0500. The molecule has 0 aliphatic heterocycles. The molecule has 0 unspecified atom stereocenters. The van der Waals surface area contributed by atoms with Crippen LogP contribution in [0.3, 0.4) is 0 Å². The second kappa shape index (κ2) is 6.92. The van der Waals surface area contributed by atoms with Crippen LogP contribution in [0.2, 0.25) is 5.15 Å². The molecule has 28 heavy (non-hydrogen) atoms. The number of pyridine rings is 1. The van der Waals surface area contributed by atoms with E-state index in [1.165, 1.54) is 24.4 Å². The zero-order valence-corrected chi connectivity index (χ0v) is 16.3. The topological polar surface area (TPSA) is 64.0 Å². The van der Waals surface area contributed by atoms with Crippen molar-refractivity contribution in [2.75, 3.05) is 12.4 Å². The van der Waals surface area contributed by atoms with Gasteiger partial charge in [-0.1, -0.05) is 29.8 Å². The van der Waals surface area contributed by atoms with Crippen LogP contribution in [0.25, 0.3) is 22.2 Å². The molecule has 0 bridgehead atoms. The average molecular weight is 416 g/mol. The predicted molar refractivity (Wildman–Crippen MR) is 109 cm³/mol. The predicted octanol–water partition coefficient (Wildman–Crippen LogP) is 4.77. The van der Waals surface area contributed by atoms with Crippen molar-refractivity contribution in [3.8, 4) is 11.3 Å². The van der Waals surface area contributed by atoms with Crippen LogP contribution in [0.15, 0.2) is 71.8 Å². The van der Waals surface area contributed by atoms with Gasteiger partial charge in [0, 0.05) is 29.9 Å². The first kappa shape index (κ1) is 18.5. The smallest absolute Gasteiger partial charge is 0.270 e. The van der Waals surface area contributed by atoms with Crippen molar-refractivity contribution in [3.05, 3.63) is 77.8 Å². The van der Waals surface area contributed by atoms with E-state index in [0.29, 0.717) is 10.9 Å². The average Bonchev–Trinajstić information content (AvgIpc) is 3.07. The van der Waals surface area contributed by atoms with Gasteiger partial charge in [-0.3, -0.25) is 0 Å². The summed E-state index contributed by atoms with van der Waals surface area (Å²) >= 11 is 5.80. The molecule has 5 nitrogen and oxygen atoms in total. The maximum Gasteiger partial charge on any atom is 0.270 e. The summed E-state index contributed by atoms with van der Waals surface area (Å²) < 4.78 is 42.6. The molecule has 0 fully saturated rings. The number of anilines is 1. The lowest BCUT2D eigenvalue weighted by molar-refractivity contribution is 0.588. The standard InChI is InChI=1S/C20H15ClFN3O2S/c1-23-14-7-6-13-10-19(16-4-2-3-5-17(16)22)25(18(13)11-14)28(26,27)15-8-9-20(21)24-12-15/h2-12,23H,1H3. The third-order valence-corrected chi connectivity index (χ3v) is 6.37. The molecule has 0 atom stereocenters. The molecule has 0 aliphatic rings. The molecule has 0 spiro atoms. The van der Waals surface area contributed by atoms with Crippen molar-refractivity contribution in [1.82, 2.24) is 8.96 Å². The number of fused-ring (bicyclic) bond motifs is 1. The van der Waals surface area contributed by atoms with Crippen LogP contribution in [0.1, 0.15) is 0 Å². The Labute approximate surface area is 166 Å². The minimum absolute atomic E-state index is 0.0400. The zero-order chi connectivity index (χ0) is 19.9. The van der Waals surface area contributed by atoms with Gasteiger partial charge >= 0.3 is 0 Å². The molecule has 142 valence electrons. The van der Waals surface area contributed by atoms with Gasteiger partial charge in [-0.2, -0.15) is 0 Å². The molecule has 4 rings (SSSR count). The highest BCUT2D eigenvalue weighted by Gasteiger charge is 2.25. The van der Waals surface area contributed by atoms with Crippen LogP contribution in [-0.2, 0) is 10.0 Å². The molecule has 8 heteroatoms. The highest BCUT2D eigenvalue weighted by molar-refractivity contribution is 7.90. The van der Waals surface area contributed by atoms with Gasteiger partial charge in [0.1, 0.15) is 15.9 Å². The van der Waals surface area contributed by atoms with E-state index in [9.17, 15) is 12.8 Å². The molecule has 2 aromatic heterocycles. The summed E-state index contributed by atoms with van der Waals surface area (Å²) in [7, 11) is -2.32. The summed E-state index contributed by atoms with van der Waals surface area (Å²) in [4.78, 5) is 3.84. The largest absolute Gasteiger partial charge is 0.388 e. The summed E-state index contributed by atoms with van der Waals surface area (Å²) in [5.41, 5.74) is 1.59. The molecular weight excluding hydrogens is 401 g/mol. The molecular formula is C20H15ClFN3O2S. The van der Waals surface area contributed by atoms with E-state index in [0.717, 1.165) is 9.66 Å². The van der Waals surface area contributed by atoms with Gasteiger partial charge in [-0.15, -0.1) is 0 Å². The van der Waals surface area contributed by atoms with Crippen LogP contribution in [0.5, 0.6) is 0 Å². The Hall–Kier alpha value is -2.90. The third-order valence-electron chi connectivity index (χ3n) is 4.44. The second-order valence-electron chi connectivity index (χ2n) is 6.12. The fourth-order valence-electron chi connectivity index (χ4n) is 3.07. The summed E-state index contributed by atoms with van der Waals surface area (Å²) in [6.07, 6.45) is 1.19. The normalized spacial score (nSPS) is 11.7. The van der Waals surface area contributed by atoms with Gasteiger partial charge in [0.25, 0.3) is 10.0 Å². The quantitative estimate of drug-likeness (QED) is 0.487. The Balaban J connectivity index is 2.08. The second-order valence-corrected chi connectivity index (χ2v) is 8.29. The molecule has 2 aromatic carbocycles. The number of hydrogen-bond acceptors (Lipinski definition) is 4. The molecule has 4 aromatic rings. The first-order chi connectivity index (χ1) is 13.4. The zero-order valence-electron chi connectivity index (χ0n) is 14.7. The lowest BCUT2D eigenvalue weighted by Crippen LogP contribution is -2.14. The van der Waals surface area contributed by atoms with Crippen molar-refractivity contribution < 1.29 is 12.8 Å². The monoisotopic (exact) mass is 415 g/mol. The van der Waals surface area contributed by atoms with Crippen LogP contribution >= 0.6 is 11.6 Å². The van der Waals surface area contributed by atoms with Crippen LogP contribution in [-0.4, -0.2) is 24.4 Å². The fourth-order valence-corrected chi connectivity index (χ4v) is 4.64. The highest BCUT2D eigenvalue weighted by Crippen LogP contribution is 2.34. The number of halogens is 2. The Morgan fingerprint density at radius 2 is 1.86 bits per heavy atom. The molecule has 2 heterocycles. The van der Waals surface area contributed by atoms with Crippen LogP contribution in [0.4, 0.5) is 10.1 Å². The molecule has 0 aliphatic carbocycles. The third kappa shape index (κ3) is 3.02. The van der Waals surface area contributed by atoms with Crippen molar-refractivity contribution in [2.24, 2.45) is 0 Å². The lowest BCUT2D eigenvalue weighted by Gasteiger charge is -2.13. The molecule has 1 N–H and O–H groups in total. The number of aromatic nitrogens is 2. The first-order valence-electron chi connectivity index (χ1n) is 8.37.